The molecule has 106 valence electrons. The van der Waals surface area contributed by atoms with Gasteiger partial charge in [0.15, 0.2) is 0 Å². The molecule has 1 N–H and O–H groups in total. The van der Waals surface area contributed by atoms with E-state index >= 15 is 0 Å². The number of nitrogens with one attached hydrogen (secondary N) is 1. The highest BCUT2D eigenvalue weighted by Crippen LogP contribution is 2.31. The summed E-state index contributed by atoms with van der Waals surface area (Å²) in [5.41, 5.74) is 0.965. The Balaban J connectivity index is 2.03. The van der Waals surface area contributed by atoms with Gasteiger partial charge in [0.05, 0.1) is 5.02 Å². The molecule has 0 radical (unpaired) electrons. The number of halogens is 2. The molecule has 1 aliphatic rings. The lowest BCUT2D eigenvalue weighted by Gasteiger charge is -2.36. The summed E-state index contributed by atoms with van der Waals surface area (Å²) < 4.78 is 13.5. The molecule has 0 aliphatic heterocycles. The van der Waals surface area contributed by atoms with Crippen LogP contribution in [0.3, 0.4) is 0 Å². The standard InChI is InChI=1S/C16H23ClFN/c1-10-5-4-6-16(11(10)2)19-12(3)13-7-8-14(17)15(18)9-13/h7-12,16,19H,4-6H2,1-3H3. The Morgan fingerprint density at radius 1 is 1.32 bits per heavy atom. The van der Waals surface area contributed by atoms with Crippen molar-refractivity contribution in [2.75, 3.05) is 0 Å². The zero-order valence-electron chi connectivity index (χ0n) is 11.9. The molecule has 19 heavy (non-hydrogen) atoms. The largest absolute Gasteiger partial charge is 0.307 e. The number of benzene rings is 1. The van der Waals surface area contributed by atoms with Gasteiger partial charge in [0, 0.05) is 12.1 Å². The second kappa shape index (κ2) is 6.23. The average molecular weight is 284 g/mol. The van der Waals surface area contributed by atoms with Crippen molar-refractivity contribution in [1.29, 1.82) is 0 Å². The van der Waals surface area contributed by atoms with E-state index in [9.17, 15) is 4.39 Å². The first-order valence-corrected chi connectivity index (χ1v) is 7.58. The van der Waals surface area contributed by atoms with Gasteiger partial charge in [0.25, 0.3) is 0 Å². The second-order valence-electron chi connectivity index (χ2n) is 5.94. The summed E-state index contributed by atoms with van der Waals surface area (Å²) in [6.45, 7) is 6.73. The average Bonchev–Trinajstić information content (AvgIpc) is 2.38. The van der Waals surface area contributed by atoms with E-state index in [-0.39, 0.29) is 16.9 Å². The Morgan fingerprint density at radius 3 is 2.74 bits per heavy atom. The zero-order valence-corrected chi connectivity index (χ0v) is 12.7. The minimum absolute atomic E-state index is 0.157. The fourth-order valence-electron chi connectivity index (χ4n) is 3.02. The molecule has 1 nitrogen and oxygen atoms in total. The molecule has 3 heteroatoms. The van der Waals surface area contributed by atoms with Gasteiger partial charge in [-0.25, -0.2) is 4.39 Å². The van der Waals surface area contributed by atoms with Crippen LogP contribution >= 0.6 is 11.6 Å². The van der Waals surface area contributed by atoms with Crippen LogP contribution in [-0.2, 0) is 0 Å². The van der Waals surface area contributed by atoms with Crippen LogP contribution in [0.1, 0.15) is 51.6 Å². The number of hydrogen-bond acceptors (Lipinski definition) is 1. The van der Waals surface area contributed by atoms with Crippen LogP contribution in [-0.4, -0.2) is 6.04 Å². The number of rotatable bonds is 3. The van der Waals surface area contributed by atoms with Gasteiger partial charge in [-0.2, -0.15) is 0 Å². The third kappa shape index (κ3) is 3.49. The lowest BCUT2D eigenvalue weighted by atomic mass is 9.77. The maximum Gasteiger partial charge on any atom is 0.142 e. The van der Waals surface area contributed by atoms with Gasteiger partial charge in [-0.05, 0) is 42.9 Å². The Labute approximate surface area is 120 Å². The van der Waals surface area contributed by atoms with Crippen LogP contribution in [0.25, 0.3) is 0 Å². The van der Waals surface area contributed by atoms with E-state index in [1.165, 1.54) is 25.3 Å². The van der Waals surface area contributed by atoms with Gasteiger partial charge in [0.2, 0.25) is 0 Å². The van der Waals surface area contributed by atoms with Gasteiger partial charge >= 0.3 is 0 Å². The van der Waals surface area contributed by atoms with Crippen LogP contribution < -0.4 is 5.32 Å². The normalized spacial score (nSPS) is 29.2. The third-order valence-electron chi connectivity index (χ3n) is 4.61. The Bertz CT molecular complexity index is 435. The highest BCUT2D eigenvalue weighted by molar-refractivity contribution is 6.30. The van der Waals surface area contributed by atoms with E-state index in [1.54, 1.807) is 6.07 Å². The molecular formula is C16H23ClFN. The van der Waals surface area contributed by atoms with Gasteiger partial charge in [-0.3, -0.25) is 0 Å². The Hall–Kier alpha value is -0.600. The van der Waals surface area contributed by atoms with Crippen LogP contribution in [0.2, 0.25) is 5.02 Å². The summed E-state index contributed by atoms with van der Waals surface area (Å²) in [5, 5.41) is 3.84. The fourth-order valence-corrected chi connectivity index (χ4v) is 3.13. The van der Waals surface area contributed by atoms with E-state index in [4.69, 9.17) is 11.6 Å². The summed E-state index contributed by atoms with van der Waals surface area (Å²) in [7, 11) is 0. The molecule has 1 aromatic rings. The molecule has 1 saturated carbocycles. The molecule has 0 aromatic heterocycles. The first-order valence-electron chi connectivity index (χ1n) is 7.20. The van der Waals surface area contributed by atoms with Crippen molar-refractivity contribution in [3.63, 3.8) is 0 Å². The molecule has 0 saturated heterocycles. The molecule has 4 unspecified atom stereocenters. The van der Waals surface area contributed by atoms with Gasteiger partial charge in [0.1, 0.15) is 5.82 Å². The quantitative estimate of drug-likeness (QED) is 0.827. The highest BCUT2D eigenvalue weighted by atomic mass is 35.5. The maximum atomic E-state index is 13.5. The molecule has 4 atom stereocenters. The lowest BCUT2D eigenvalue weighted by Crippen LogP contribution is -2.41. The van der Waals surface area contributed by atoms with Crippen molar-refractivity contribution in [3.05, 3.63) is 34.6 Å². The Kier molecular flexibility index (Phi) is 4.86. The van der Waals surface area contributed by atoms with E-state index in [2.05, 4.69) is 26.1 Å². The van der Waals surface area contributed by atoms with Crippen molar-refractivity contribution < 1.29 is 4.39 Å². The highest BCUT2D eigenvalue weighted by Gasteiger charge is 2.28. The van der Waals surface area contributed by atoms with Crippen LogP contribution in [0, 0.1) is 17.7 Å². The third-order valence-corrected chi connectivity index (χ3v) is 4.92. The van der Waals surface area contributed by atoms with Crippen molar-refractivity contribution in [3.8, 4) is 0 Å². The minimum Gasteiger partial charge on any atom is -0.307 e. The van der Waals surface area contributed by atoms with Gasteiger partial charge in [-0.15, -0.1) is 0 Å². The molecule has 2 rings (SSSR count). The summed E-state index contributed by atoms with van der Waals surface area (Å²) in [6, 6.07) is 5.76. The van der Waals surface area contributed by atoms with E-state index in [1.807, 2.05) is 6.07 Å². The van der Waals surface area contributed by atoms with Crippen LogP contribution in [0.4, 0.5) is 4.39 Å². The van der Waals surface area contributed by atoms with E-state index in [0.29, 0.717) is 12.0 Å². The maximum absolute atomic E-state index is 13.5. The van der Waals surface area contributed by atoms with Crippen molar-refractivity contribution in [1.82, 2.24) is 5.32 Å². The predicted molar refractivity (Wildman–Crippen MR) is 78.9 cm³/mol. The first-order chi connectivity index (χ1) is 8.99. The van der Waals surface area contributed by atoms with Crippen molar-refractivity contribution in [2.45, 2.75) is 52.1 Å². The van der Waals surface area contributed by atoms with Crippen molar-refractivity contribution in [2.24, 2.45) is 11.8 Å². The molecule has 1 fully saturated rings. The molecule has 0 amide bonds. The molecule has 0 heterocycles. The zero-order chi connectivity index (χ0) is 14.0. The van der Waals surface area contributed by atoms with E-state index < -0.39 is 0 Å². The number of hydrogen-bond donors (Lipinski definition) is 1. The summed E-state index contributed by atoms with van der Waals surface area (Å²) in [4.78, 5) is 0. The lowest BCUT2D eigenvalue weighted by molar-refractivity contribution is 0.196. The smallest absolute Gasteiger partial charge is 0.142 e. The minimum atomic E-state index is -0.335. The fraction of sp³-hybridized carbons (Fsp3) is 0.625. The first kappa shape index (κ1) is 14.8. The topological polar surface area (TPSA) is 12.0 Å². The van der Waals surface area contributed by atoms with Crippen LogP contribution in [0.5, 0.6) is 0 Å². The monoisotopic (exact) mass is 283 g/mol. The molecule has 0 spiro atoms. The summed E-state index contributed by atoms with van der Waals surface area (Å²) in [6.07, 6.45) is 3.82. The van der Waals surface area contributed by atoms with Gasteiger partial charge in [-0.1, -0.05) is 44.4 Å². The molecule has 1 aliphatic carbocycles. The predicted octanol–water partition coefficient (Wildman–Crippen LogP) is 4.95. The van der Waals surface area contributed by atoms with Gasteiger partial charge < -0.3 is 5.32 Å². The summed E-state index contributed by atoms with van der Waals surface area (Å²) in [5.74, 6) is 1.10. The second-order valence-corrected chi connectivity index (χ2v) is 6.34. The van der Waals surface area contributed by atoms with Crippen molar-refractivity contribution >= 4 is 11.6 Å². The molecule has 1 aromatic carbocycles. The Morgan fingerprint density at radius 2 is 2.05 bits per heavy atom. The van der Waals surface area contributed by atoms with Crippen LogP contribution in [0.15, 0.2) is 18.2 Å². The molecular weight excluding hydrogens is 261 g/mol. The van der Waals surface area contributed by atoms with E-state index in [0.717, 1.165) is 11.5 Å². The SMILES string of the molecule is CC(NC1CCCC(C)C1C)c1ccc(Cl)c(F)c1. The summed E-state index contributed by atoms with van der Waals surface area (Å²) >= 11 is 5.72. The molecule has 0 bridgehead atoms.